The number of carbonyl (C=O) groups is 1. The van der Waals surface area contributed by atoms with Crippen molar-refractivity contribution in [2.45, 2.75) is 94.9 Å². The van der Waals surface area contributed by atoms with Crippen LogP contribution in [0.15, 0.2) is 182 Å². The van der Waals surface area contributed by atoms with Crippen molar-refractivity contribution in [3.05, 3.63) is 215 Å². The van der Waals surface area contributed by atoms with Crippen LogP contribution in [0.25, 0.3) is 0 Å². The molecule has 0 bridgehead atoms. The largest absolute Gasteiger partial charge is 0.444 e. The van der Waals surface area contributed by atoms with Gasteiger partial charge in [-0.05, 0) is 54.2 Å². The van der Waals surface area contributed by atoms with E-state index in [4.69, 9.17) is 23.7 Å². The molecule has 0 spiro atoms. The van der Waals surface area contributed by atoms with E-state index < -0.39 is 54.0 Å². The fourth-order valence-corrected chi connectivity index (χ4v) is 8.08. The van der Waals surface area contributed by atoms with Crippen LogP contribution < -0.4 is 0 Å². The number of aliphatic hydroxyl groups is 2. The fraction of sp³-hybridized carbons (Fsp3) is 0.302. The highest BCUT2D eigenvalue weighted by atomic mass is 16.6. The minimum atomic E-state index is -1.56. The number of amides is 1. The van der Waals surface area contributed by atoms with Gasteiger partial charge in [-0.15, -0.1) is 0 Å². The molecule has 0 radical (unpaired) electrons. The molecule has 1 aliphatic rings. The number of nitrogens with zero attached hydrogens (tertiary/aromatic N) is 1. The van der Waals surface area contributed by atoms with Gasteiger partial charge >= 0.3 is 6.09 Å². The van der Waals surface area contributed by atoms with E-state index in [2.05, 4.69) is 36.4 Å². The van der Waals surface area contributed by atoms with Gasteiger partial charge in [0, 0.05) is 6.42 Å². The summed E-state index contributed by atoms with van der Waals surface area (Å²) in [7, 11) is 0. The molecule has 2 N–H and O–H groups in total. The summed E-state index contributed by atoms with van der Waals surface area (Å²) in [5.41, 5.74) is 3.47. The third-order valence-electron chi connectivity index (χ3n) is 11.0. The normalized spacial score (nSPS) is 18.2. The van der Waals surface area contributed by atoms with Gasteiger partial charge < -0.3 is 33.9 Å². The summed E-state index contributed by atoms with van der Waals surface area (Å²) in [6.07, 6.45) is -6.43. The Hall–Kier alpha value is -5.65. The summed E-state index contributed by atoms with van der Waals surface area (Å²) in [6.45, 7) is 5.77. The lowest BCUT2D eigenvalue weighted by molar-refractivity contribution is -0.190. The van der Waals surface area contributed by atoms with Gasteiger partial charge in [0.1, 0.15) is 35.6 Å². The van der Waals surface area contributed by atoms with Crippen LogP contribution in [-0.2, 0) is 49.1 Å². The summed E-state index contributed by atoms with van der Waals surface area (Å²) in [5.74, 6) is 0. The summed E-state index contributed by atoms with van der Waals surface area (Å²) >= 11 is 0. The van der Waals surface area contributed by atoms with Crippen LogP contribution in [-0.4, -0.2) is 70.1 Å². The maximum absolute atomic E-state index is 14.1. The zero-order valence-corrected chi connectivity index (χ0v) is 35.6. The smallest absolute Gasteiger partial charge is 0.412 e. The van der Waals surface area contributed by atoms with E-state index >= 15 is 0 Å². The number of rotatable bonds is 18. The number of hydrogen-bond acceptors (Lipinski definition) is 8. The number of aliphatic hydroxyl groups excluding tert-OH is 2. The Balaban J connectivity index is 1.37. The van der Waals surface area contributed by atoms with E-state index in [9.17, 15) is 15.0 Å². The SMILES string of the molecule is CC(C)(C)OC(=O)N1[C@H](O)[C@@H](O)C[C@@H]1[C@@H](OCc1ccccc1)[C@H](OCc1ccccc1)[C@H](COC(c1ccccc1)(c1ccccc1)c1ccccc1)OCc1ccccc1. The van der Waals surface area contributed by atoms with Gasteiger partial charge in [-0.1, -0.05) is 182 Å². The average Bonchev–Trinajstić information content (AvgIpc) is 3.60. The highest BCUT2D eigenvalue weighted by Crippen LogP contribution is 2.41. The lowest BCUT2D eigenvalue weighted by Crippen LogP contribution is -2.57. The van der Waals surface area contributed by atoms with Gasteiger partial charge in [0.2, 0.25) is 0 Å². The van der Waals surface area contributed by atoms with Gasteiger partial charge in [0.25, 0.3) is 0 Å². The highest BCUT2D eigenvalue weighted by Gasteiger charge is 2.52. The second-order valence-electron chi connectivity index (χ2n) is 16.6. The Morgan fingerprint density at radius 3 is 1.39 bits per heavy atom. The molecule has 322 valence electrons. The van der Waals surface area contributed by atoms with E-state index in [0.29, 0.717) is 0 Å². The van der Waals surface area contributed by atoms with Crippen molar-refractivity contribution in [3.63, 3.8) is 0 Å². The molecular weight excluding hydrogens is 779 g/mol. The van der Waals surface area contributed by atoms with Crippen molar-refractivity contribution in [3.8, 4) is 0 Å². The minimum absolute atomic E-state index is 0.0135. The predicted octanol–water partition coefficient (Wildman–Crippen LogP) is 9.44. The van der Waals surface area contributed by atoms with Crippen molar-refractivity contribution >= 4 is 6.09 Å². The predicted molar refractivity (Wildman–Crippen MR) is 239 cm³/mol. The quantitative estimate of drug-likeness (QED) is 0.0826. The first-order chi connectivity index (χ1) is 30.1. The molecule has 1 saturated heterocycles. The van der Waals surface area contributed by atoms with Crippen LogP contribution in [0.3, 0.4) is 0 Å². The molecule has 6 aromatic carbocycles. The van der Waals surface area contributed by atoms with Gasteiger partial charge in [-0.2, -0.15) is 0 Å². The van der Waals surface area contributed by atoms with Crippen LogP contribution in [0.5, 0.6) is 0 Å². The van der Waals surface area contributed by atoms with E-state index in [-0.39, 0.29) is 32.8 Å². The molecule has 62 heavy (non-hydrogen) atoms. The second-order valence-corrected chi connectivity index (χ2v) is 16.6. The first-order valence-corrected chi connectivity index (χ1v) is 21.3. The molecule has 6 atom stereocenters. The van der Waals surface area contributed by atoms with E-state index in [1.165, 1.54) is 4.90 Å². The molecule has 1 fully saturated rings. The average molecular weight is 836 g/mol. The Bertz CT molecular complexity index is 2130. The summed E-state index contributed by atoms with van der Waals surface area (Å²) in [6, 6.07) is 58.9. The molecule has 0 unspecified atom stereocenters. The molecule has 1 heterocycles. The first kappa shape index (κ1) is 44.4. The third kappa shape index (κ3) is 11.0. The van der Waals surface area contributed by atoms with Crippen molar-refractivity contribution in [1.82, 2.24) is 4.90 Å². The van der Waals surface area contributed by atoms with Crippen LogP contribution in [0.1, 0.15) is 60.6 Å². The molecule has 9 nitrogen and oxygen atoms in total. The molecule has 0 saturated carbocycles. The van der Waals surface area contributed by atoms with Gasteiger partial charge in [-0.3, -0.25) is 4.90 Å². The van der Waals surface area contributed by atoms with E-state index in [0.717, 1.165) is 33.4 Å². The first-order valence-electron chi connectivity index (χ1n) is 21.3. The maximum atomic E-state index is 14.1. The van der Waals surface area contributed by atoms with E-state index in [1.54, 1.807) is 20.8 Å². The molecule has 1 amide bonds. The number of carbonyl (C=O) groups excluding carboxylic acids is 1. The molecule has 9 heteroatoms. The fourth-order valence-electron chi connectivity index (χ4n) is 8.08. The monoisotopic (exact) mass is 835 g/mol. The Morgan fingerprint density at radius 2 is 0.968 bits per heavy atom. The van der Waals surface area contributed by atoms with Crippen LogP contribution in [0, 0.1) is 0 Å². The molecule has 0 aromatic heterocycles. The molecule has 0 aliphatic carbocycles. The summed E-state index contributed by atoms with van der Waals surface area (Å²) < 4.78 is 34.3. The minimum Gasteiger partial charge on any atom is -0.444 e. The second kappa shape index (κ2) is 20.9. The van der Waals surface area contributed by atoms with Crippen molar-refractivity contribution in [2.75, 3.05) is 6.61 Å². The zero-order chi connectivity index (χ0) is 43.4. The molecular formula is C53H57NO8. The van der Waals surface area contributed by atoms with Gasteiger partial charge in [0.05, 0.1) is 32.5 Å². The molecule has 6 aromatic rings. The maximum Gasteiger partial charge on any atom is 0.412 e. The van der Waals surface area contributed by atoms with Crippen molar-refractivity contribution < 1.29 is 38.7 Å². The van der Waals surface area contributed by atoms with Crippen LogP contribution in [0.4, 0.5) is 4.79 Å². The number of hydrogen-bond donors (Lipinski definition) is 2. The number of likely N-dealkylation sites (tertiary alicyclic amines) is 1. The molecule has 7 rings (SSSR count). The Labute approximate surface area is 365 Å². The van der Waals surface area contributed by atoms with Gasteiger partial charge in [0.15, 0.2) is 6.23 Å². The topological polar surface area (TPSA) is 107 Å². The number of ether oxygens (including phenoxy) is 5. The summed E-state index contributed by atoms with van der Waals surface area (Å²) in [5, 5.41) is 22.9. The lowest BCUT2D eigenvalue weighted by atomic mass is 9.80. The summed E-state index contributed by atoms with van der Waals surface area (Å²) in [4.78, 5) is 15.3. The van der Waals surface area contributed by atoms with Crippen molar-refractivity contribution in [2.24, 2.45) is 0 Å². The lowest BCUT2D eigenvalue weighted by Gasteiger charge is -2.42. The number of benzene rings is 6. The van der Waals surface area contributed by atoms with E-state index in [1.807, 2.05) is 146 Å². The Morgan fingerprint density at radius 1 is 0.581 bits per heavy atom. The standard InChI is InChI=1S/C53H57NO8/c1-52(2,3)62-51(57)54-45(34-46(55)50(54)56)48(59-36-40-24-12-5-13-25-40)49(60-37-41-26-14-6-15-27-41)47(58-35-39-22-10-4-11-23-39)38-61-53(42-28-16-7-17-29-42,43-30-18-8-19-31-43)44-32-20-9-21-33-44/h4-33,45-50,55-56H,34-38H2,1-3H3/t45-,46+,47+,48-,49-,50-/m1/s1. The Kier molecular flexibility index (Phi) is 15.0. The zero-order valence-electron chi connectivity index (χ0n) is 35.6. The van der Waals surface area contributed by atoms with Crippen molar-refractivity contribution in [1.29, 1.82) is 0 Å². The van der Waals surface area contributed by atoms with Gasteiger partial charge in [-0.25, -0.2) is 4.79 Å². The molecule has 1 aliphatic heterocycles. The third-order valence-corrected chi connectivity index (χ3v) is 11.0. The van der Waals surface area contributed by atoms with Crippen LogP contribution in [0.2, 0.25) is 0 Å². The highest BCUT2D eigenvalue weighted by molar-refractivity contribution is 5.69. The van der Waals surface area contributed by atoms with Crippen LogP contribution >= 0.6 is 0 Å².